The van der Waals surface area contributed by atoms with Crippen LogP contribution in [0.1, 0.15) is 0 Å². The van der Waals surface area contributed by atoms with Crippen LogP contribution in [0.5, 0.6) is 0 Å². The summed E-state index contributed by atoms with van der Waals surface area (Å²) in [5.41, 5.74) is 1.41. The molecule has 2 aromatic rings. The highest BCUT2D eigenvalue weighted by Crippen LogP contribution is 2.29. The second-order valence-corrected chi connectivity index (χ2v) is 5.15. The number of anilines is 2. The molecular weight excluding hydrogens is 295 g/mol. The fourth-order valence-electron chi connectivity index (χ4n) is 1.79. The molecule has 5 heteroatoms. The molecule has 1 amide bonds. The van der Waals surface area contributed by atoms with Gasteiger partial charge in [-0.05, 0) is 24.3 Å². The summed E-state index contributed by atoms with van der Waals surface area (Å²) >= 11 is 12.0. The van der Waals surface area contributed by atoms with Crippen molar-refractivity contribution in [3.05, 3.63) is 58.6 Å². The predicted molar refractivity (Wildman–Crippen MR) is 84.8 cm³/mol. The number of carbonyl (C=O) groups excluding carboxylic acids is 1. The number of halogens is 2. The second kappa shape index (κ2) is 6.64. The third kappa shape index (κ3) is 3.65. The number of likely N-dealkylation sites (N-methyl/N-ethyl adjacent to an activating group) is 1. The molecule has 0 unspecified atom stereocenters. The maximum atomic E-state index is 12.0. The van der Waals surface area contributed by atoms with Crippen LogP contribution in [-0.2, 0) is 4.79 Å². The molecule has 0 atom stereocenters. The van der Waals surface area contributed by atoms with Crippen LogP contribution in [0.3, 0.4) is 0 Å². The topological polar surface area (TPSA) is 32.3 Å². The lowest BCUT2D eigenvalue weighted by atomic mass is 10.3. The zero-order chi connectivity index (χ0) is 14.5. The van der Waals surface area contributed by atoms with E-state index in [-0.39, 0.29) is 12.5 Å². The Bertz CT molecular complexity index is 582. The van der Waals surface area contributed by atoms with E-state index >= 15 is 0 Å². The van der Waals surface area contributed by atoms with Crippen molar-refractivity contribution in [2.45, 2.75) is 0 Å². The van der Waals surface area contributed by atoms with E-state index in [1.54, 1.807) is 18.2 Å². The Hall–Kier alpha value is -1.71. The Kier molecular flexibility index (Phi) is 4.88. The van der Waals surface area contributed by atoms with Gasteiger partial charge in [-0.3, -0.25) is 4.79 Å². The lowest BCUT2D eigenvalue weighted by Crippen LogP contribution is -2.30. The van der Waals surface area contributed by atoms with Gasteiger partial charge in [-0.2, -0.15) is 0 Å². The molecule has 3 nitrogen and oxygen atoms in total. The van der Waals surface area contributed by atoms with Gasteiger partial charge in [-0.1, -0.05) is 47.5 Å². The average Bonchev–Trinajstić information content (AvgIpc) is 2.44. The molecule has 2 aromatic carbocycles. The third-order valence-electron chi connectivity index (χ3n) is 2.80. The summed E-state index contributed by atoms with van der Waals surface area (Å²) in [6, 6.07) is 14.8. The Morgan fingerprint density at radius 3 is 2.25 bits per heavy atom. The lowest BCUT2D eigenvalue weighted by Gasteiger charge is -2.19. The number of rotatable bonds is 4. The summed E-state index contributed by atoms with van der Waals surface area (Å²) in [5, 5.41) is 3.58. The van der Waals surface area contributed by atoms with Crippen molar-refractivity contribution in [1.29, 1.82) is 0 Å². The molecule has 0 aromatic heterocycles. The van der Waals surface area contributed by atoms with Crippen LogP contribution >= 0.6 is 23.2 Å². The number of benzene rings is 2. The van der Waals surface area contributed by atoms with Gasteiger partial charge in [-0.25, -0.2) is 0 Å². The van der Waals surface area contributed by atoms with Crippen LogP contribution in [0.15, 0.2) is 48.5 Å². The van der Waals surface area contributed by atoms with Gasteiger partial charge in [0.05, 0.1) is 22.3 Å². The SMILES string of the molecule is CN(CC(=O)Nc1c(Cl)cccc1Cl)c1ccccc1. The van der Waals surface area contributed by atoms with Crippen LogP contribution in [0.25, 0.3) is 0 Å². The van der Waals surface area contributed by atoms with Gasteiger partial charge in [0.25, 0.3) is 0 Å². The smallest absolute Gasteiger partial charge is 0.243 e. The molecule has 104 valence electrons. The summed E-state index contributed by atoms with van der Waals surface area (Å²) in [6.07, 6.45) is 0. The van der Waals surface area contributed by atoms with E-state index in [1.165, 1.54) is 0 Å². The first-order valence-electron chi connectivity index (χ1n) is 6.08. The zero-order valence-corrected chi connectivity index (χ0v) is 12.4. The Labute approximate surface area is 128 Å². The normalized spacial score (nSPS) is 10.2. The molecule has 20 heavy (non-hydrogen) atoms. The number of nitrogens with one attached hydrogen (secondary N) is 1. The maximum Gasteiger partial charge on any atom is 0.243 e. The molecule has 0 aliphatic rings. The zero-order valence-electron chi connectivity index (χ0n) is 10.9. The molecule has 1 N–H and O–H groups in total. The fraction of sp³-hybridized carbons (Fsp3) is 0.133. The number of carbonyl (C=O) groups is 1. The van der Waals surface area contributed by atoms with Gasteiger partial charge in [0.1, 0.15) is 0 Å². The predicted octanol–water partition coefficient (Wildman–Crippen LogP) is 4.07. The quantitative estimate of drug-likeness (QED) is 0.923. The van der Waals surface area contributed by atoms with Crippen molar-refractivity contribution in [1.82, 2.24) is 0 Å². The summed E-state index contributed by atoms with van der Waals surface area (Å²) in [5.74, 6) is -0.175. The van der Waals surface area contributed by atoms with E-state index in [2.05, 4.69) is 5.32 Å². The number of amides is 1. The summed E-state index contributed by atoms with van der Waals surface area (Å²) in [7, 11) is 1.85. The van der Waals surface area contributed by atoms with E-state index in [4.69, 9.17) is 23.2 Å². The molecule has 0 radical (unpaired) electrons. The molecule has 0 heterocycles. The first kappa shape index (κ1) is 14.7. The molecule has 0 bridgehead atoms. The van der Waals surface area contributed by atoms with Crippen molar-refractivity contribution < 1.29 is 4.79 Å². The summed E-state index contributed by atoms with van der Waals surface area (Å²) in [6.45, 7) is 0.214. The maximum absolute atomic E-state index is 12.0. The van der Waals surface area contributed by atoms with Gasteiger partial charge in [-0.15, -0.1) is 0 Å². The molecular formula is C15H14Cl2N2O. The minimum absolute atomic E-state index is 0.175. The Balaban J connectivity index is 2.03. The van der Waals surface area contributed by atoms with Crippen LogP contribution < -0.4 is 10.2 Å². The lowest BCUT2D eigenvalue weighted by molar-refractivity contribution is -0.114. The minimum atomic E-state index is -0.175. The Morgan fingerprint density at radius 2 is 1.65 bits per heavy atom. The highest BCUT2D eigenvalue weighted by Gasteiger charge is 2.11. The van der Waals surface area contributed by atoms with E-state index in [9.17, 15) is 4.79 Å². The van der Waals surface area contributed by atoms with Gasteiger partial charge in [0.15, 0.2) is 0 Å². The summed E-state index contributed by atoms with van der Waals surface area (Å²) < 4.78 is 0. The monoisotopic (exact) mass is 308 g/mol. The van der Waals surface area contributed by atoms with Crippen LogP contribution in [0.4, 0.5) is 11.4 Å². The average molecular weight is 309 g/mol. The van der Waals surface area contributed by atoms with E-state index < -0.39 is 0 Å². The van der Waals surface area contributed by atoms with Crippen LogP contribution in [-0.4, -0.2) is 19.5 Å². The first-order valence-corrected chi connectivity index (χ1v) is 6.83. The molecule has 0 saturated carbocycles. The van der Waals surface area contributed by atoms with Crippen molar-refractivity contribution >= 4 is 40.5 Å². The summed E-state index contributed by atoms with van der Waals surface area (Å²) in [4.78, 5) is 13.9. The first-order chi connectivity index (χ1) is 9.58. The minimum Gasteiger partial charge on any atom is -0.365 e. The van der Waals surface area contributed by atoms with E-state index in [1.807, 2.05) is 42.3 Å². The largest absolute Gasteiger partial charge is 0.365 e. The number of hydrogen-bond donors (Lipinski definition) is 1. The van der Waals surface area contributed by atoms with Gasteiger partial charge in [0, 0.05) is 12.7 Å². The van der Waals surface area contributed by atoms with E-state index in [0.29, 0.717) is 15.7 Å². The molecule has 0 saturated heterocycles. The molecule has 0 fully saturated rings. The van der Waals surface area contributed by atoms with Crippen molar-refractivity contribution in [3.63, 3.8) is 0 Å². The second-order valence-electron chi connectivity index (χ2n) is 4.34. The highest BCUT2D eigenvalue weighted by atomic mass is 35.5. The van der Waals surface area contributed by atoms with Crippen LogP contribution in [0.2, 0.25) is 10.0 Å². The van der Waals surface area contributed by atoms with Crippen molar-refractivity contribution in [2.24, 2.45) is 0 Å². The fourth-order valence-corrected chi connectivity index (χ4v) is 2.28. The molecule has 0 spiro atoms. The molecule has 0 aliphatic heterocycles. The number of nitrogens with zero attached hydrogens (tertiary/aromatic N) is 1. The third-order valence-corrected chi connectivity index (χ3v) is 3.43. The number of hydrogen-bond acceptors (Lipinski definition) is 2. The molecule has 0 aliphatic carbocycles. The van der Waals surface area contributed by atoms with Crippen molar-refractivity contribution in [2.75, 3.05) is 23.8 Å². The Morgan fingerprint density at radius 1 is 1.05 bits per heavy atom. The van der Waals surface area contributed by atoms with Crippen LogP contribution in [0, 0.1) is 0 Å². The standard InChI is InChI=1S/C15H14Cl2N2O/c1-19(11-6-3-2-4-7-11)10-14(20)18-15-12(16)8-5-9-13(15)17/h2-9H,10H2,1H3,(H,18,20). The van der Waals surface area contributed by atoms with Crippen molar-refractivity contribution in [3.8, 4) is 0 Å². The van der Waals surface area contributed by atoms with Gasteiger partial charge < -0.3 is 10.2 Å². The van der Waals surface area contributed by atoms with Gasteiger partial charge in [0.2, 0.25) is 5.91 Å². The van der Waals surface area contributed by atoms with E-state index in [0.717, 1.165) is 5.69 Å². The van der Waals surface area contributed by atoms with Gasteiger partial charge >= 0.3 is 0 Å². The number of para-hydroxylation sites is 2. The highest BCUT2D eigenvalue weighted by molar-refractivity contribution is 6.39. The molecule has 2 rings (SSSR count).